The Labute approximate surface area is 134 Å². The first-order valence-electron chi connectivity index (χ1n) is 7.15. The lowest BCUT2D eigenvalue weighted by Crippen LogP contribution is -2.15. The minimum Gasteiger partial charge on any atom is -0.378 e. The van der Waals surface area contributed by atoms with Crippen LogP contribution >= 0.6 is 22.7 Å². The maximum atomic E-state index is 5.27. The molecule has 116 valence electrons. The quantitative estimate of drug-likeness (QED) is 0.716. The van der Waals surface area contributed by atoms with Crippen LogP contribution in [0.25, 0.3) is 0 Å². The van der Waals surface area contributed by atoms with E-state index in [0.717, 1.165) is 36.9 Å². The summed E-state index contributed by atoms with van der Waals surface area (Å²) in [7, 11) is 3.81. The molecule has 1 N–H and O–H groups in total. The van der Waals surface area contributed by atoms with Gasteiger partial charge in [-0.15, -0.1) is 11.3 Å². The predicted molar refractivity (Wildman–Crippen MR) is 91.3 cm³/mol. The fourth-order valence-electron chi connectivity index (χ4n) is 2.02. The molecule has 0 atom stereocenters. The zero-order valence-electron chi connectivity index (χ0n) is 12.9. The largest absolute Gasteiger partial charge is 0.378 e. The van der Waals surface area contributed by atoms with Crippen LogP contribution in [0, 0.1) is 0 Å². The van der Waals surface area contributed by atoms with Gasteiger partial charge in [0.25, 0.3) is 0 Å². The van der Waals surface area contributed by atoms with Gasteiger partial charge in [0.05, 0.1) is 12.3 Å². The Balaban J connectivity index is 2.06. The van der Waals surface area contributed by atoms with Crippen molar-refractivity contribution in [1.29, 1.82) is 0 Å². The standard InChI is InChI=1S/C15H23N3OS2/c1-4-6-16-8-14-13(10-19-3)17-15(21-14)18(2)9-12-5-7-20-11-12/h5,7,11,16H,4,6,8-10H2,1-3H3. The molecule has 0 bridgehead atoms. The Morgan fingerprint density at radius 1 is 1.43 bits per heavy atom. The fourth-order valence-corrected chi connectivity index (χ4v) is 3.68. The Morgan fingerprint density at radius 2 is 2.29 bits per heavy atom. The average molecular weight is 326 g/mol. The van der Waals surface area contributed by atoms with E-state index in [4.69, 9.17) is 9.72 Å². The van der Waals surface area contributed by atoms with Crippen molar-refractivity contribution >= 4 is 27.8 Å². The molecule has 0 aliphatic rings. The molecule has 2 rings (SSSR count). The van der Waals surface area contributed by atoms with Gasteiger partial charge in [0, 0.05) is 32.1 Å². The lowest BCUT2D eigenvalue weighted by atomic mass is 10.3. The molecule has 2 heterocycles. The molecule has 0 aliphatic carbocycles. The molecule has 6 heteroatoms. The number of ether oxygens (including phenoxy) is 1. The van der Waals surface area contributed by atoms with Gasteiger partial charge in [-0.05, 0) is 35.4 Å². The van der Waals surface area contributed by atoms with Gasteiger partial charge in [-0.1, -0.05) is 6.92 Å². The molecule has 0 unspecified atom stereocenters. The van der Waals surface area contributed by atoms with E-state index in [0.29, 0.717) is 6.61 Å². The number of rotatable bonds is 9. The van der Waals surface area contributed by atoms with Crippen molar-refractivity contribution in [1.82, 2.24) is 10.3 Å². The van der Waals surface area contributed by atoms with Crippen LogP contribution in [-0.2, 0) is 24.4 Å². The molecule has 0 amide bonds. The van der Waals surface area contributed by atoms with Gasteiger partial charge in [0.15, 0.2) is 5.13 Å². The Bertz CT molecular complexity index is 525. The second-order valence-electron chi connectivity index (χ2n) is 4.96. The second-order valence-corrected chi connectivity index (χ2v) is 6.81. The molecule has 2 aromatic rings. The van der Waals surface area contributed by atoms with Gasteiger partial charge < -0.3 is 15.0 Å². The van der Waals surface area contributed by atoms with Crippen LogP contribution in [0.5, 0.6) is 0 Å². The normalized spacial score (nSPS) is 11.0. The summed E-state index contributed by atoms with van der Waals surface area (Å²) in [6.07, 6.45) is 1.14. The minimum absolute atomic E-state index is 0.575. The molecular weight excluding hydrogens is 302 g/mol. The monoisotopic (exact) mass is 325 g/mol. The lowest BCUT2D eigenvalue weighted by Gasteiger charge is -2.14. The van der Waals surface area contributed by atoms with Crippen molar-refractivity contribution in [3.8, 4) is 0 Å². The molecule has 0 fully saturated rings. The molecule has 0 saturated carbocycles. The van der Waals surface area contributed by atoms with Crippen LogP contribution in [-0.4, -0.2) is 25.7 Å². The Morgan fingerprint density at radius 3 is 2.95 bits per heavy atom. The van der Waals surface area contributed by atoms with E-state index < -0.39 is 0 Å². The maximum Gasteiger partial charge on any atom is 0.185 e. The van der Waals surface area contributed by atoms with E-state index in [2.05, 4.69) is 41.0 Å². The summed E-state index contributed by atoms with van der Waals surface area (Å²) in [6, 6.07) is 2.16. The van der Waals surface area contributed by atoms with E-state index in [1.165, 1.54) is 10.4 Å². The van der Waals surface area contributed by atoms with Crippen LogP contribution in [0.4, 0.5) is 5.13 Å². The highest BCUT2D eigenvalue weighted by molar-refractivity contribution is 7.15. The fraction of sp³-hybridized carbons (Fsp3) is 0.533. The zero-order valence-corrected chi connectivity index (χ0v) is 14.5. The first kappa shape index (κ1) is 16.4. The highest BCUT2D eigenvalue weighted by atomic mass is 32.1. The molecule has 21 heavy (non-hydrogen) atoms. The van der Waals surface area contributed by atoms with Crippen molar-refractivity contribution in [3.63, 3.8) is 0 Å². The van der Waals surface area contributed by atoms with Crippen molar-refractivity contribution in [2.24, 2.45) is 0 Å². The third kappa shape index (κ3) is 4.78. The molecule has 0 saturated heterocycles. The van der Waals surface area contributed by atoms with Crippen LogP contribution in [0.3, 0.4) is 0 Å². The number of nitrogens with zero attached hydrogens (tertiary/aromatic N) is 2. The van der Waals surface area contributed by atoms with Crippen LogP contribution in [0.2, 0.25) is 0 Å². The summed E-state index contributed by atoms with van der Waals surface area (Å²) in [5, 5.41) is 8.80. The number of thiazole rings is 1. The average Bonchev–Trinajstić information content (AvgIpc) is 3.10. The van der Waals surface area contributed by atoms with E-state index in [-0.39, 0.29) is 0 Å². The minimum atomic E-state index is 0.575. The van der Waals surface area contributed by atoms with Gasteiger partial charge in [-0.2, -0.15) is 11.3 Å². The van der Waals surface area contributed by atoms with Gasteiger partial charge in [0.1, 0.15) is 0 Å². The van der Waals surface area contributed by atoms with Gasteiger partial charge in [-0.3, -0.25) is 0 Å². The molecule has 4 nitrogen and oxygen atoms in total. The first-order valence-corrected chi connectivity index (χ1v) is 8.91. The maximum absolute atomic E-state index is 5.27. The van der Waals surface area contributed by atoms with Crippen LogP contribution < -0.4 is 10.2 Å². The summed E-state index contributed by atoms with van der Waals surface area (Å²) in [5.41, 5.74) is 2.38. The highest BCUT2D eigenvalue weighted by Crippen LogP contribution is 2.27. The van der Waals surface area contributed by atoms with Crippen molar-refractivity contribution in [3.05, 3.63) is 33.0 Å². The Kier molecular flexibility index (Phi) is 6.63. The first-order chi connectivity index (χ1) is 10.2. The molecule has 2 aromatic heterocycles. The van der Waals surface area contributed by atoms with Crippen molar-refractivity contribution in [2.45, 2.75) is 33.0 Å². The number of anilines is 1. The summed E-state index contributed by atoms with van der Waals surface area (Å²) < 4.78 is 5.27. The summed E-state index contributed by atoms with van der Waals surface area (Å²) >= 11 is 3.49. The third-order valence-electron chi connectivity index (χ3n) is 3.09. The van der Waals surface area contributed by atoms with Crippen LogP contribution in [0.1, 0.15) is 29.5 Å². The smallest absolute Gasteiger partial charge is 0.185 e. The molecule has 0 aromatic carbocycles. The van der Waals surface area contributed by atoms with Gasteiger partial charge in [-0.25, -0.2) is 4.98 Å². The second kappa shape index (κ2) is 8.48. The van der Waals surface area contributed by atoms with Gasteiger partial charge in [0.2, 0.25) is 0 Å². The predicted octanol–water partition coefficient (Wildman–Crippen LogP) is 3.49. The van der Waals surface area contributed by atoms with E-state index in [9.17, 15) is 0 Å². The number of thiophene rings is 1. The number of methoxy groups -OCH3 is 1. The third-order valence-corrected chi connectivity index (χ3v) is 5.03. The number of aromatic nitrogens is 1. The molecule has 0 aliphatic heterocycles. The van der Waals surface area contributed by atoms with Crippen molar-refractivity contribution in [2.75, 3.05) is 25.6 Å². The number of hydrogen-bond donors (Lipinski definition) is 1. The SMILES string of the molecule is CCCNCc1sc(N(C)Cc2ccsc2)nc1COC. The Hall–Kier alpha value is -0.950. The van der Waals surface area contributed by atoms with Crippen molar-refractivity contribution < 1.29 is 4.74 Å². The number of nitrogens with one attached hydrogen (secondary N) is 1. The summed E-state index contributed by atoms with van der Waals surface area (Å²) in [5.74, 6) is 0. The molecule has 0 radical (unpaired) electrons. The lowest BCUT2D eigenvalue weighted by molar-refractivity contribution is 0.181. The zero-order chi connectivity index (χ0) is 15.1. The summed E-state index contributed by atoms with van der Waals surface area (Å²) in [4.78, 5) is 8.22. The molecule has 0 spiro atoms. The summed E-state index contributed by atoms with van der Waals surface area (Å²) in [6.45, 7) is 5.55. The number of hydrogen-bond acceptors (Lipinski definition) is 6. The van der Waals surface area contributed by atoms with E-state index in [1.807, 2.05) is 0 Å². The highest BCUT2D eigenvalue weighted by Gasteiger charge is 2.14. The topological polar surface area (TPSA) is 37.4 Å². The van der Waals surface area contributed by atoms with Gasteiger partial charge >= 0.3 is 0 Å². The van der Waals surface area contributed by atoms with Crippen LogP contribution in [0.15, 0.2) is 16.8 Å². The molecular formula is C15H23N3OS2. The van der Waals surface area contributed by atoms with E-state index in [1.54, 1.807) is 29.8 Å². The van der Waals surface area contributed by atoms with E-state index >= 15 is 0 Å².